The van der Waals surface area contributed by atoms with Gasteiger partial charge in [-0.25, -0.2) is 0 Å². The molecule has 0 radical (unpaired) electrons. The molecule has 0 saturated heterocycles. The second-order valence-corrected chi connectivity index (χ2v) is 7.54. The topological polar surface area (TPSA) is 0 Å². The van der Waals surface area contributed by atoms with Crippen LogP contribution in [0, 0.1) is 46.3 Å². The zero-order valence-electron chi connectivity index (χ0n) is 9.15. The average molecular weight is 198 g/mol. The highest BCUT2D eigenvalue weighted by molar-refractivity contribution is 5.37. The molecule has 6 atom stereocenters. The minimum absolute atomic E-state index is 0.771. The van der Waals surface area contributed by atoms with E-state index in [-0.39, 0.29) is 0 Å². The molecule has 2 bridgehead atoms. The maximum Gasteiger partial charge on any atom is -0.00806 e. The third kappa shape index (κ3) is 0.531. The van der Waals surface area contributed by atoms with Crippen LogP contribution < -0.4 is 0 Å². The fraction of sp³-hybridized carbons (Fsp3) is 0.867. The molecule has 0 aliphatic heterocycles. The Morgan fingerprint density at radius 3 is 2.40 bits per heavy atom. The number of allylic oxidation sites excluding steroid dienone is 2. The van der Waals surface area contributed by atoms with Crippen molar-refractivity contribution in [3.8, 4) is 0 Å². The summed E-state index contributed by atoms with van der Waals surface area (Å²) in [5.41, 5.74) is 1.70. The van der Waals surface area contributed by atoms with E-state index in [9.17, 15) is 0 Å². The number of fused-ring (bicyclic) bond motifs is 7. The Morgan fingerprint density at radius 1 is 0.867 bits per heavy atom. The van der Waals surface area contributed by atoms with Gasteiger partial charge in [0.25, 0.3) is 0 Å². The molecule has 6 aliphatic carbocycles. The van der Waals surface area contributed by atoms with Crippen LogP contribution in [0.4, 0.5) is 0 Å². The first-order valence-corrected chi connectivity index (χ1v) is 7.05. The van der Waals surface area contributed by atoms with Crippen molar-refractivity contribution in [1.82, 2.24) is 0 Å². The van der Waals surface area contributed by atoms with E-state index in [0.717, 1.165) is 22.7 Å². The van der Waals surface area contributed by atoms with E-state index in [1.807, 2.05) is 0 Å². The molecule has 0 amide bonds. The maximum atomic E-state index is 2.68. The normalized spacial score (nSPS) is 66.1. The second-order valence-electron chi connectivity index (χ2n) is 7.54. The molecule has 0 aromatic carbocycles. The lowest BCUT2D eigenvalue weighted by Gasteiger charge is -2.29. The first kappa shape index (κ1) is 7.14. The Balaban J connectivity index is 1.60. The molecule has 2 spiro atoms. The summed E-state index contributed by atoms with van der Waals surface area (Å²) in [4.78, 5) is 0. The molecule has 0 N–H and O–H groups in total. The molecule has 0 nitrogen and oxygen atoms in total. The van der Waals surface area contributed by atoms with Crippen molar-refractivity contribution in [2.45, 2.75) is 32.1 Å². The lowest BCUT2D eigenvalue weighted by molar-refractivity contribution is 0.196. The highest BCUT2D eigenvalue weighted by Gasteiger charge is 2.82. The second kappa shape index (κ2) is 1.65. The summed E-state index contributed by atoms with van der Waals surface area (Å²) >= 11 is 0. The van der Waals surface area contributed by atoms with Crippen LogP contribution in [0.25, 0.3) is 0 Å². The maximum absolute atomic E-state index is 2.68. The Hall–Kier alpha value is -0.260. The summed E-state index contributed by atoms with van der Waals surface area (Å²) in [7, 11) is 0. The molecule has 0 aromatic rings. The van der Waals surface area contributed by atoms with Gasteiger partial charge in [-0.2, -0.15) is 0 Å². The molecule has 6 aliphatic rings. The van der Waals surface area contributed by atoms with Gasteiger partial charge in [0.05, 0.1) is 0 Å². The minimum Gasteiger partial charge on any atom is -0.0842 e. The van der Waals surface area contributed by atoms with Crippen LogP contribution in [-0.2, 0) is 0 Å². The summed E-state index contributed by atoms with van der Waals surface area (Å²) < 4.78 is 0. The summed E-state index contributed by atoms with van der Waals surface area (Å²) in [5.74, 6) is 7.01. The summed E-state index contributed by atoms with van der Waals surface area (Å²) in [6, 6.07) is 0. The average Bonchev–Trinajstić information content (AvgIpc) is 3.07. The van der Waals surface area contributed by atoms with Gasteiger partial charge in [-0.05, 0) is 78.4 Å². The zero-order chi connectivity index (χ0) is 9.41. The molecule has 0 heterocycles. The van der Waals surface area contributed by atoms with Gasteiger partial charge in [-0.3, -0.25) is 0 Å². The van der Waals surface area contributed by atoms with Crippen molar-refractivity contribution in [1.29, 1.82) is 0 Å². The van der Waals surface area contributed by atoms with Gasteiger partial charge in [0, 0.05) is 0 Å². The van der Waals surface area contributed by atoms with Crippen LogP contribution >= 0.6 is 0 Å². The monoisotopic (exact) mass is 198 g/mol. The number of hydrogen-bond acceptors (Lipinski definition) is 0. The smallest absolute Gasteiger partial charge is 0.00806 e. The molecule has 78 valence electrons. The summed E-state index contributed by atoms with van der Waals surface area (Å²) in [5, 5.41) is 0. The van der Waals surface area contributed by atoms with Gasteiger partial charge in [-0.15, -0.1) is 0 Å². The van der Waals surface area contributed by atoms with Crippen LogP contribution in [0.5, 0.6) is 0 Å². The van der Waals surface area contributed by atoms with E-state index in [1.54, 1.807) is 32.1 Å². The fourth-order valence-corrected chi connectivity index (χ4v) is 6.74. The highest BCUT2D eigenvalue weighted by Crippen LogP contribution is 2.88. The Morgan fingerprint density at radius 2 is 1.67 bits per heavy atom. The molecule has 0 heteroatoms. The lowest BCUT2D eigenvalue weighted by atomic mass is 9.75. The van der Waals surface area contributed by atoms with Crippen LogP contribution in [0.1, 0.15) is 32.1 Å². The summed E-state index contributed by atoms with van der Waals surface area (Å²) in [6.45, 7) is 0. The molecular weight excluding hydrogens is 180 g/mol. The van der Waals surface area contributed by atoms with Gasteiger partial charge < -0.3 is 0 Å². The molecule has 6 rings (SSSR count). The molecule has 5 saturated carbocycles. The Bertz CT molecular complexity index is 410. The molecule has 0 unspecified atom stereocenters. The van der Waals surface area contributed by atoms with Crippen molar-refractivity contribution in [3.63, 3.8) is 0 Å². The van der Waals surface area contributed by atoms with E-state index in [1.165, 1.54) is 23.7 Å². The van der Waals surface area contributed by atoms with E-state index in [0.29, 0.717) is 0 Å². The molecule has 0 aromatic heterocycles. The zero-order valence-corrected chi connectivity index (χ0v) is 9.15. The predicted molar refractivity (Wildman–Crippen MR) is 58.0 cm³/mol. The minimum atomic E-state index is 0.771. The molecule has 5 fully saturated rings. The summed E-state index contributed by atoms with van der Waals surface area (Å²) in [6.07, 6.45) is 13.3. The number of rotatable bonds is 0. The first-order chi connectivity index (χ1) is 7.36. The van der Waals surface area contributed by atoms with Gasteiger partial charge >= 0.3 is 0 Å². The van der Waals surface area contributed by atoms with E-state index in [4.69, 9.17) is 0 Å². The number of hydrogen-bond donors (Lipinski definition) is 0. The largest absolute Gasteiger partial charge is 0.0842 e. The lowest BCUT2D eigenvalue weighted by Crippen LogP contribution is -2.25. The third-order valence-corrected chi connectivity index (χ3v) is 7.33. The predicted octanol–water partition coefficient (Wildman–Crippen LogP) is 3.24. The van der Waals surface area contributed by atoms with Gasteiger partial charge in [0.15, 0.2) is 0 Å². The first-order valence-electron chi connectivity index (χ1n) is 7.05. The van der Waals surface area contributed by atoms with E-state index in [2.05, 4.69) is 12.2 Å². The van der Waals surface area contributed by atoms with Crippen molar-refractivity contribution >= 4 is 0 Å². The Labute approximate surface area is 91.1 Å². The van der Waals surface area contributed by atoms with E-state index >= 15 is 0 Å². The van der Waals surface area contributed by atoms with Crippen molar-refractivity contribution in [2.75, 3.05) is 0 Å². The Kier molecular flexibility index (Phi) is 0.787. The quantitative estimate of drug-likeness (QED) is 0.524. The van der Waals surface area contributed by atoms with Crippen LogP contribution in [0.15, 0.2) is 12.2 Å². The molecular formula is C15H18. The van der Waals surface area contributed by atoms with Crippen molar-refractivity contribution in [3.05, 3.63) is 12.2 Å². The third-order valence-electron chi connectivity index (χ3n) is 7.33. The highest BCUT2D eigenvalue weighted by atomic mass is 14.9. The van der Waals surface area contributed by atoms with Gasteiger partial charge in [0.2, 0.25) is 0 Å². The standard InChI is InChI=1S/C15H18/c1-2-14(3-4-14)12-8(1)11-9-7-10(9)13(12)15(11)5-6-15/h1-2,8-13H,3-7H2/t8-,9-,10-,11-,12+,13+/m0/s1. The van der Waals surface area contributed by atoms with Crippen LogP contribution in [-0.4, -0.2) is 0 Å². The fourth-order valence-electron chi connectivity index (χ4n) is 6.74. The SMILES string of the molecule is C1=CC2(CC2)[C@@H]2[C@@H]1[C@H]1[C@H]3C[C@@H]3[C@H]2C12CC2. The van der Waals surface area contributed by atoms with Crippen molar-refractivity contribution in [2.24, 2.45) is 46.3 Å². The van der Waals surface area contributed by atoms with Crippen LogP contribution in [0.2, 0.25) is 0 Å². The van der Waals surface area contributed by atoms with E-state index < -0.39 is 0 Å². The van der Waals surface area contributed by atoms with Gasteiger partial charge in [0.1, 0.15) is 0 Å². The molecule has 15 heavy (non-hydrogen) atoms. The van der Waals surface area contributed by atoms with Gasteiger partial charge in [-0.1, -0.05) is 12.2 Å². The van der Waals surface area contributed by atoms with Crippen LogP contribution in [0.3, 0.4) is 0 Å². The van der Waals surface area contributed by atoms with Crippen molar-refractivity contribution < 1.29 is 0 Å².